The largest absolute Gasteiger partial charge is 0.377 e. The van der Waals surface area contributed by atoms with Crippen LogP contribution >= 0.6 is 0 Å². The molecule has 0 aliphatic carbocycles. The summed E-state index contributed by atoms with van der Waals surface area (Å²) in [5, 5.41) is 0. The molecule has 2 aliphatic rings. The van der Waals surface area contributed by atoms with Crippen molar-refractivity contribution in [1.82, 2.24) is 4.90 Å². The van der Waals surface area contributed by atoms with Crippen LogP contribution in [0, 0.1) is 5.41 Å². The van der Waals surface area contributed by atoms with Crippen LogP contribution in [0.1, 0.15) is 67.2 Å². The molecule has 0 amide bonds. The maximum atomic E-state index is 5.58. The number of ether oxygens (including phenoxy) is 1. The lowest BCUT2D eigenvalue weighted by Crippen LogP contribution is -2.71. The molecule has 0 aromatic heterocycles. The molecule has 0 N–H and O–H groups in total. The Morgan fingerprint density at radius 2 is 1.72 bits per heavy atom. The third-order valence-electron chi connectivity index (χ3n) is 4.37. The molecule has 1 unspecified atom stereocenters. The summed E-state index contributed by atoms with van der Waals surface area (Å²) in [6, 6.07) is 0.725. The topological polar surface area (TPSA) is 12.5 Å². The molecule has 18 heavy (non-hydrogen) atoms. The van der Waals surface area contributed by atoms with Gasteiger partial charge in [0, 0.05) is 11.6 Å². The van der Waals surface area contributed by atoms with E-state index in [2.05, 4.69) is 46.4 Å². The second kappa shape index (κ2) is 4.49. The molecule has 0 aromatic carbocycles. The summed E-state index contributed by atoms with van der Waals surface area (Å²) in [6.45, 7) is 16.1. The highest BCUT2D eigenvalue weighted by atomic mass is 16.5. The Labute approximate surface area is 113 Å². The number of rotatable bonds is 1. The molecular weight excluding hydrogens is 222 g/mol. The lowest BCUT2D eigenvalue weighted by Gasteiger charge is -2.61. The van der Waals surface area contributed by atoms with Crippen LogP contribution in [0.3, 0.4) is 0 Å². The van der Waals surface area contributed by atoms with Gasteiger partial charge in [-0.2, -0.15) is 0 Å². The van der Waals surface area contributed by atoms with Crippen molar-refractivity contribution < 1.29 is 4.74 Å². The number of likely N-dealkylation sites (tertiary alicyclic amines) is 1. The molecule has 0 aromatic rings. The first-order valence-corrected chi connectivity index (χ1v) is 7.51. The van der Waals surface area contributed by atoms with E-state index >= 15 is 0 Å². The third-order valence-corrected chi connectivity index (χ3v) is 4.37. The first-order valence-electron chi connectivity index (χ1n) is 7.51. The summed E-state index contributed by atoms with van der Waals surface area (Å²) in [6.07, 6.45) is 5.35. The summed E-state index contributed by atoms with van der Waals surface area (Å²) >= 11 is 0. The highest BCUT2D eigenvalue weighted by molar-refractivity contribution is 5.06. The SMILES string of the molecule is CC(C)(C)CC1CCCC2(COC2)N1C(C)(C)C. The van der Waals surface area contributed by atoms with Crippen molar-refractivity contribution in [1.29, 1.82) is 0 Å². The summed E-state index contributed by atoms with van der Waals surface area (Å²) in [5.41, 5.74) is 1.02. The van der Waals surface area contributed by atoms with Gasteiger partial charge in [-0.1, -0.05) is 20.8 Å². The van der Waals surface area contributed by atoms with Crippen molar-refractivity contribution in [2.45, 2.75) is 84.3 Å². The van der Waals surface area contributed by atoms with Crippen LogP contribution in [0.2, 0.25) is 0 Å². The van der Waals surface area contributed by atoms with Crippen LogP contribution in [0.15, 0.2) is 0 Å². The molecule has 0 saturated carbocycles. The van der Waals surface area contributed by atoms with E-state index in [-0.39, 0.29) is 5.54 Å². The van der Waals surface area contributed by atoms with Crippen molar-refractivity contribution in [2.75, 3.05) is 13.2 Å². The van der Waals surface area contributed by atoms with Gasteiger partial charge in [0.2, 0.25) is 0 Å². The molecule has 2 heteroatoms. The molecule has 2 heterocycles. The van der Waals surface area contributed by atoms with Gasteiger partial charge < -0.3 is 4.74 Å². The molecule has 2 aliphatic heterocycles. The highest BCUT2D eigenvalue weighted by Gasteiger charge is 2.52. The second-order valence-electron chi connectivity index (χ2n) is 8.57. The molecule has 2 nitrogen and oxygen atoms in total. The second-order valence-corrected chi connectivity index (χ2v) is 8.57. The fourth-order valence-corrected chi connectivity index (χ4v) is 4.08. The van der Waals surface area contributed by atoms with E-state index in [1.54, 1.807) is 0 Å². The molecule has 1 spiro atoms. The minimum atomic E-state index is 0.250. The summed E-state index contributed by atoms with van der Waals surface area (Å²) in [4.78, 5) is 2.80. The molecule has 2 fully saturated rings. The molecule has 106 valence electrons. The minimum absolute atomic E-state index is 0.250. The normalized spacial score (nSPS) is 29.3. The van der Waals surface area contributed by atoms with Crippen LogP contribution in [-0.4, -0.2) is 35.2 Å². The van der Waals surface area contributed by atoms with Crippen LogP contribution in [0.25, 0.3) is 0 Å². The molecular formula is C16H31NO. The Morgan fingerprint density at radius 3 is 2.11 bits per heavy atom. The van der Waals surface area contributed by atoms with Crippen molar-refractivity contribution in [2.24, 2.45) is 5.41 Å². The first kappa shape index (κ1) is 14.3. The van der Waals surface area contributed by atoms with E-state index in [1.807, 2.05) is 0 Å². The molecule has 1 atom stereocenters. The molecule has 2 rings (SSSR count). The van der Waals surface area contributed by atoms with Gasteiger partial charge in [0.05, 0.1) is 18.8 Å². The summed E-state index contributed by atoms with van der Waals surface area (Å²) in [5.74, 6) is 0. The Kier molecular flexibility index (Phi) is 3.57. The number of nitrogens with zero attached hydrogens (tertiary/aromatic N) is 1. The Balaban J connectivity index is 2.22. The van der Waals surface area contributed by atoms with E-state index in [4.69, 9.17) is 4.74 Å². The van der Waals surface area contributed by atoms with Gasteiger partial charge in [-0.05, 0) is 51.9 Å². The Bertz CT molecular complexity index is 293. The van der Waals surface area contributed by atoms with Crippen molar-refractivity contribution >= 4 is 0 Å². The third kappa shape index (κ3) is 2.75. The minimum Gasteiger partial charge on any atom is -0.377 e. The van der Waals surface area contributed by atoms with Gasteiger partial charge in [-0.3, -0.25) is 4.90 Å². The number of piperidine rings is 1. The van der Waals surface area contributed by atoms with Gasteiger partial charge in [-0.15, -0.1) is 0 Å². The zero-order chi connectivity index (χ0) is 13.6. The van der Waals surface area contributed by atoms with Crippen LogP contribution in [0.5, 0.6) is 0 Å². The van der Waals surface area contributed by atoms with Crippen LogP contribution in [-0.2, 0) is 4.74 Å². The van der Waals surface area contributed by atoms with E-state index in [9.17, 15) is 0 Å². The van der Waals surface area contributed by atoms with Crippen LogP contribution < -0.4 is 0 Å². The van der Waals surface area contributed by atoms with Gasteiger partial charge in [0.15, 0.2) is 0 Å². The quantitative estimate of drug-likeness (QED) is 0.704. The number of hydrogen-bond donors (Lipinski definition) is 0. The van der Waals surface area contributed by atoms with Crippen molar-refractivity contribution in [3.05, 3.63) is 0 Å². The average Bonchev–Trinajstić information content (AvgIpc) is 2.10. The average molecular weight is 253 g/mol. The van der Waals surface area contributed by atoms with Crippen molar-refractivity contribution in [3.63, 3.8) is 0 Å². The van der Waals surface area contributed by atoms with Crippen molar-refractivity contribution in [3.8, 4) is 0 Å². The predicted octanol–water partition coefficient (Wildman–Crippen LogP) is 3.84. The first-order chi connectivity index (χ1) is 8.14. The lowest BCUT2D eigenvalue weighted by atomic mass is 9.74. The fourth-order valence-electron chi connectivity index (χ4n) is 4.08. The van der Waals surface area contributed by atoms with E-state index in [1.165, 1.54) is 25.7 Å². The maximum Gasteiger partial charge on any atom is 0.0685 e. The standard InChI is InChI=1S/C16H31NO/c1-14(2,3)10-13-8-7-9-16(11-18-12-16)17(13)15(4,5)6/h13H,7-12H2,1-6H3. The van der Waals surface area contributed by atoms with E-state index in [0.29, 0.717) is 11.0 Å². The summed E-state index contributed by atoms with van der Waals surface area (Å²) < 4.78 is 5.58. The molecule has 2 saturated heterocycles. The Hall–Kier alpha value is -0.0800. The smallest absolute Gasteiger partial charge is 0.0685 e. The van der Waals surface area contributed by atoms with Gasteiger partial charge in [0.25, 0.3) is 0 Å². The summed E-state index contributed by atoms with van der Waals surface area (Å²) in [7, 11) is 0. The lowest BCUT2D eigenvalue weighted by molar-refractivity contribution is -0.203. The zero-order valence-corrected chi connectivity index (χ0v) is 13.2. The van der Waals surface area contributed by atoms with Gasteiger partial charge in [0.1, 0.15) is 0 Å². The van der Waals surface area contributed by atoms with Gasteiger partial charge >= 0.3 is 0 Å². The monoisotopic (exact) mass is 253 g/mol. The van der Waals surface area contributed by atoms with Crippen LogP contribution in [0.4, 0.5) is 0 Å². The van der Waals surface area contributed by atoms with E-state index in [0.717, 1.165) is 19.3 Å². The Morgan fingerprint density at radius 1 is 1.11 bits per heavy atom. The van der Waals surface area contributed by atoms with Gasteiger partial charge in [-0.25, -0.2) is 0 Å². The highest BCUT2D eigenvalue weighted by Crippen LogP contribution is 2.44. The molecule has 0 radical (unpaired) electrons. The molecule has 0 bridgehead atoms. The predicted molar refractivity (Wildman–Crippen MR) is 76.9 cm³/mol. The zero-order valence-electron chi connectivity index (χ0n) is 13.2. The van der Waals surface area contributed by atoms with E-state index < -0.39 is 0 Å². The maximum absolute atomic E-state index is 5.58. The number of hydrogen-bond acceptors (Lipinski definition) is 2. The fraction of sp³-hybridized carbons (Fsp3) is 1.00.